The molecule has 0 spiro atoms. The van der Waals surface area contributed by atoms with E-state index in [1.807, 2.05) is 0 Å². The summed E-state index contributed by atoms with van der Waals surface area (Å²) in [6, 6.07) is 2.56. The van der Waals surface area contributed by atoms with Crippen molar-refractivity contribution in [3.63, 3.8) is 0 Å². The lowest BCUT2D eigenvalue weighted by Crippen LogP contribution is -2.41. The predicted octanol–water partition coefficient (Wildman–Crippen LogP) is 3.34. The molecule has 1 aliphatic carbocycles. The average molecular weight is 352 g/mol. The number of halogens is 2. The lowest BCUT2D eigenvalue weighted by molar-refractivity contribution is 0.281. The minimum atomic E-state index is -3.75. The van der Waals surface area contributed by atoms with E-state index < -0.39 is 10.0 Å². The van der Waals surface area contributed by atoms with Gasteiger partial charge in [0.2, 0.25) is 10.0 Å². The average Bonchev–Trinajstić information content (AvgIpc) is 2.68. The summed E-state index contributed by atoms with van der Waals surface area (Å²) < 4.78 is 27.8. The Balaban J connectivity index is 2.36. The second-order valence-electron chi connectivity index (χ2n) is 6.09. The van der Waals surface area contributed by atoms with Gasteiger partial charge in [0, 0.05) is 11.1 Å². The van der Waals surface area contributed by atoms with Gasteiger partial charge in [0.25, 0.3) is 0 Å². The molecule has 21 heavy (non-hydrogen) atoms. The first-order valence-electron chi connectivity index (χ1n) is 6.78. The minimum Gasteiger partial charge on any atom is -0.392 e. The Labute approximate surface area is 135 Å². The Morgan fingerprint density at radius 2 is 2.00 bits per heavy atom. The van der Waals surface area contributed by atoms with Gasteiger partial charge in [-0.1, -0.05) is 43.5 Å². The monoisotopic (exact) mass is 351 g/mol. The molecular formula is C14H19Cl2NO3S. The SMILES string of the molecule is CC1(C)CCCC1NS(=O)(=O)c1cc(CO)c(Cl)cc1Cl. The summed E-state index contributed by atoms with van der Waals surface area (Å²) >= 11 is 11.9. The van der Waals surface area contributed by atoms with Gasteiger partial charge < -0.3 is 5.11 Å². The van der Waals surface area contributed by atoms with Crippen LogP contribution in [-0.2, 0) is 16.6 Å². The van der Waals surface area contributed by atoms with Crippen LogP contribution in [-0.4, -0.2) is 19.6 Å². The maximum atomic E-state index is 12.6. The molecule has 0 aliphatic heterocycles. The van der Waals surface area contributed by atoms with Crippen LogP contribution < -0.4 is 4.72 Å². The van der Waals surface area contributed by atoms with Gasteiger partial charge in [-0.05, 0) is 36.0 Å². The van der Waals surface area contributed by atoms with Gasteiger partial charge in [0.15, 0.2) is 0 Å². The lowest BCUT2D eigenvalue weighted by Gasteiger charge is -2.27. The molecule has 2 N–H and O–H groups in total. The van der Waals surface area contributed by atoms with Crippen molar-refractivity contribution >= 4 is 33.2 Å². The Morgan fingerprint density at radius 1 is 1.33 bits per heavy atom. The van der Waals surface area contributed by atoms with Crippen molar-refractivity contribution in [1.29, 1.82) is 0 Å². The van der Waals surface area contributed by atoms with Crippen LogP contribution in [0.4, 0.5) is 0 Å². The molecule has 1 atom stereocenters. The molecule has 0 aromatic heterocycles. The first-order valence-corrected chi connectivity index (χ1v) is 9.02. The maximum absolute atomic E-state index is 12.6. The zero-order valence-corrected chi connectivity index (χ0v) is 14.3. The van der Waals surface area contributed by atoms with Gasteiger partial charge in [0.1, 0.15) is 4.90 Å². The number of aliphatic hydroxyl groups is 1. The molecule has 118 valence electrons. The van der Waals surface area contributed by atoms with Crippen LogP contribution >= 0.6 is 23.2 Å². The number of benzene rings is 1. The van der Waals surface area contributed by atoms with Crippen molar-refractivity contribution in [2.24, 2.45) is 5.41 Å². The zero-order valence-electron chi connectivity index (χ0n) is 12.0. The third-order valence-corrected chi connectivity index (χ3v) is 6.40. The van der Waals surface area contributed by atoms with E-state index in [4.69, 9.17) is 23.2 Å². The fourth-order valence-electron chi connectivity index (χ4n) is 2.69. The Morgan fingerprint density at radius 3 is 2.52 bits per heavy atom. The van der Waals surface area contributed by atoms with Crippen LogP contribution in [0.25, 0.3) is 0 Å². The summed E-state index contributed by atoms with van der Waals surface area (Å²) in [7, 11) is -3.75. The predicted molar refractivity (Wildman–Crippen MR) is 84.1 cm³/mol. The van der Waals surface area contributed by atoms with Crippen LogP contribution in [0.5, 0.6) is 0 Å². The number of sulfonamides is 1. The molecule has 0 radical (unpaired) electrons. The van der Waals surface area contributed by atoms with Crippen LogP contribution in [0.3, 0.4) is 0 Å². The zero-order chi connectivity index (χ0) is 15.8. The first-order chi connectivity index (χ1) is 9.67. The Bertz CT molecular complexity index is 644. The molecule has 1 saturated carbocycles. The summed E-state index contributed by atoms with van der Waals surface area (Å²) in [5, 5.41) is 9.53. The molecule has 0 bridgehead atoms. The van der Waals surface area contributed by atoms with E-state index in [1.165, 1.54) is 12.1 Å². The van der Waals surface area contributed by atoms with E-state index in [1.54, 1.807) is 0 Å². The molecule has 1 unspecified atom stereocenters. The van der Waals surface area contributed by atoms with Gasteiger partial charge in [-0.15, -0.1) is 0 Å². The summed E-state index contributed by atoms with van der Waals surface area (Å²) in [5.41, 5.74) is 0.262. The van der Waals surface area contributed by atoms with E-state index in [-0.39, 0.29) is 33.0 Å². The Hall–Kier alpha value is -0.330. The highest BCUT2D eigenvalue weighted by molar-refractivity contribution is 7.89. The third-order valence-electron chi connectivity index (χ3n) is 4.12. The largest absolute Gasteiger partial charge is 0.392 e. The summed E-state index contributed by atoms with van der Waals surface area (Å²) in [6.45, 7) is 3.76. The van der Waals surface area contributed by atoms with E-state index in [0.29, 0.717) is 5.56 Å². The summed E-state index contributed by atoms with van der Waals surface area (Å²) in [5.74, 6) is 0. The first kappa shape index (κ1) is 17.0. The smallest absolute Gasteiger partial charge is 0.242 e. The van der Waals surface area contributed by atoms with Crippen LogP contribution in [0.15, 0.2) is 17.0 Å². The molecule has 0 amide bonds. The van der Waals surface area contributed by atoms with Crippen molar-refractivity contribution < 1.29 is 13.5 Å². The maximum Gasteiger partial charge on any atom is 0.242 e. The molecule has 7 heteroatoms. The standard InChI is InChI=1S/C14H19Cl2NO3S/c1-14(2)5-3-4-13(14)17-21(19,20)12-6-9(8-18)10(15)7-11(12)16/h6-7,13,17-18H,3-5,8H2,1-2H3. The lowest BCUT2D eigenvalue weighted by atomic mass is 9.88. The number of rotatable bonds is 4. The highest BCUT2D eigenvalue weighted by atomic mass is 35.5. The molecule has 1 fully saturated rings. The topological polar surface area (TPSA) is 66.4 Å². The fraction of sp³-hybridized carbons (Fsp3) is 0.571. The number of hydrogen-bond donors (Lipinski definition) is 2. The number of nitrogens with one attached hydrogen (secondary N) is 1. The van der Waals surface area contributed by atoms with Crippen LogP contribution in [0.1, 0.15) is 38.7 Å². The molecule has 0 saturated heterocycles. The van der Waals surface area contributed by atoms with E-state index in [2.05, 4.69) is 18.6 Å². The van der Waals surface area contributed by atoms with Gasteiger partial charge in [0.05, 0.1) is 11.6 Å². The van der Waals surface area contributed by atoms with Gasteiger partial charge in [-0.2, -0.15) is 0 Å². The minimum absolute atomic E-state index is 0.0414. The summed E-state index contributed by atoms with van der Waals surface area (Å²) in [6.07, 6.45) is 2.79. The number of aliphatic hydroxyl groups excluding tert-OH is 1. The highest BCUT2D eigenvalue weighted by Gasteiger charge is 2.37. The quantitative estimate of drug-likeness (QED) is 0.873. The molecule has 1 aliphatic rings. The second kappa shape index (κ2) is 6.05. The fourth-order valence-corrected chi connectivity index (χ4v) is 4.99. The van der Waals surface area contributed by atoms with Crippen molar-refractivity contribution in [3.8, 4) is 0 Å². The molecule has 2 rings (SSSR count). The molecule has 0 heterocycles. The normalized spacial score (nSPS) is 21.7. The van der Waals surface area contributed by atoms with E-state index in [0.717, 1.165) is 19.3 Å². The van der Waals surface area contributed by atoms with Crippen molar-refractivity contribution in [3.05, 3.63) is 27.7 Å². The summed E-state index contributed by atoms with van der Waals surface area (Å²) in [4.78, 5) is -0.0414. The number of hydrogen-bond acceptors (Lipinski definition) is 3. The second-order valence-corrected chi connectivity index (χ2v) is 8.58. The van der Waals surface area contributed by atoms with Gasteiger partial charge in [-0.25, -0.2) is 13.1 Å². The molecular weight excluding hydrogens is 333 g/mol. The van der Waals surface area contributed by atoms with Crippen LogP contribution in [0, 0.1) is 5.41 Å². The van der Waals surface area contributed by atoms with Crippen molar-refractivity contribution in [2.75, 3.05) is 0 Å². The molecule has 4 nitrogen and oxygen atoms in total. The molecule has 1 aromatic rings. The highest BCUT2D eigenvalue weighted by Crippen LogP contribution is 2.38. The van der Waals surface area contributed by atoms with Gasteiger partial charge in [-0.3, -0.25) is 0 Å². The van der Waals surface area contributed by atoms with Gasteiger partial charge >= 0.3 is 0 Å². The Kier molecular flexibility index (Phi) is 4.90. The molecule has 1 aromatic carbocycles. The third kappa shape index (κ3) is 3.54. The van der Waals surface area contributed by atoms with Crippen molar-refractivity contribution in [2.45, 2.75) is 50.7 Å². The van der Waals surface area contributed by atoms with Crippen molar-refractivity contribution in [1.82, 2.24) is 4.72 Å². The van der Waals surface area contributed by atoms with E-state index in [9.17, 15) is 13.5 Å². The van der Waals surface area contributed by atoms with E-state index >= 15 is 0 Å². The van der Waals surface area contributed by atoms with Crippen LogP contribution in [0.2, 0.25) is 10.0 Å².